The van der Waals surface area contributed by atoms with E-state index in [2.05, 4.69) is 24.1 Å². The number of anilines is 1. The van der Waals surface area contributed by atoms with E-state index in [0.29, 0.717) is 12.6 Å². The van der Waals surface area contributed by atoms with Crippen LogP contribution >= 0.6 is 0 Å². The van der Waals surface area contributed by atoms with Crippen LogP contribution in [-0.4, -0.2) is 36.1 Å². The molecule has 1 unspecified atom stereocenters. The van der Waals surface area contributed by atoms with E-state index in [9.17, 15) is 4.39 Å². The predicted octanol–water partition coefficient (Wildman–Crippen LogP) is 2.05. The zero-order valence-electron chi connectivity index (χ0n) is 11.1. The molecule has 1 aliphatic heterocycles. The summed E-state index contributed by atoms with van der Waals surface area (Å²) in [5, 5.41) is 3.42. The molecule has 1 aromatic rings. The van der Waals surface area contributed by atoms with Crippen molar-refractivity contribution in [2.45, 2.75) is 31.8 Å². The van der Waals surface area contributed by atoms with Gasteiger partial charge < -0.3 is 11.1 Å². The Bertz CT molecular complexity index is 408. The largest absolute Gasteiger partial charge is 0.377 e. The third-order valence-electron chi connectivity index (χ3n) is 3.74. The first-order valence-electron chi connectivity index (χ1n) is 6.52. The number of nitrogens with zero attached hydrogens (tertiary/aromatic N) is 1. The van der Waals surface area contributed by atoms with E-state index >= 15 is 0 Å². The third-order valence-corrected chi connectivity index (χ3v) is 3.74. The van der Waals surface area contributed by atoms with Crippen LogP contribution in [0.25, 0.3) is 0 Å². The molecule has 4 heteroatoms. The number of rotatable bonds is 4. The maximum absolute atomic E-state index is 13.2. The summed E-state index contributed by atoms with van der Waals surface area (Å²) in [5.41, 5.74) is 6.62. The minimum absolute atomic E-state index is 0.127. The Labute approximate surface area is 108 Å². The van der Waals surface area contributed by atoms with E-state index in [1.54, 1.807) is 6.07 Å². The summed E-state index contributed by atoms with van der Waals surface area (Å²) >= 11 is 0. The third kappa shape index (κ3) is 2.82. The zero-order valence-corrected chi connectivity index (χ0v) is 11.1. The van der Waals surface area contributed by atoms with E-state index in [0.717, 1.165) is 25.2 Å². The molecule has 1 aliphatic rings. The van der Waals surface area contributed by atoms with Crippen molar-refractivity contribution >= 4 is 5.69 Å². The van der Waals surface area contributed by atoms with Crippen molar-refractivity contribution in [3.8, 4) is 0 Å². The fourth-order valence-corrected chi connectivity index (χ4v) is 2.54. The Hall–Kier alpha value is -1.13. The van der Waals surface area contributed by atoms with E-state index in [1.165, 1.54) is 12.1 Å². The lowest BCUT2D eigenvalue weighted by atomic mass is 9.98. The molecule has 0 aromatic heterocycles. The highest BCUT2D eigenvalue weighted by Gasteiger charge is 2.37. The first-order valence-corrected chi connectivity index (χ1v) is 6.52. The molecular formula is C14H22FN3. The van der Waals surface area contributed by atoms with Crippen molar-refractivity contribution in [3.63, 3.8) is 0 Å². The topological polar surface area (TPSA) is 41.3 Å². The van der Waals surface area contributed by atoms with Crippen molar-refractivity contribution in [2.75, 3.05) is 25.0 Å². The smallest absolute Gasteiger partial charge is 0.125 e. The summed E-state index contributed by atoms with van der Waals surface area (Å²) in [4.78, 5) is 2.40. The van der Waals surface area contributed by atoms with Crippen LogP contribution in [-0.2, 0) is 0 Å². The maximum atomic E-state index is 13.2. The molecule has 1 saturated heterocycles. The second kappa shape index (κ2) is 5.24. The molecule has 1 aromatic carbocycles. The predicted molar refractivity (Wildman–Crippen MR) is 73.1 cm³/mol. The van der Waals surface area contributed by atoms with Crippen molar-refractivity contribution in [1.29, 1.82) is 0 Å². The minimum Gasteiger partial charge on any atom is -0.377 e. The Balaban J connectivity index is 2.10. The lowest BCUT2D eigenvalue weighted by molar-refractivity contribution is 0.262. The van der Waals surface area contributed by atoms with E-state index in [-0.39, 0.29) is 11.4 Å². The first kappa shape index (κ1) is 13.3. The second-order valence-electron chi connectivity index (χ2n) is 5.43. The number of hydrogen-bond donors (Lipinski definition) is 2. The monoisotopic (exact) mass is 251 g/mol. The van der Waals surface area contributed by atoms with Gasteiger partial charge in [0, 0.05) is 31.4 Å². The molecule has 0 aliphatic carbocycles. The van der Waals surface area contributed by atoms with Crippen LogP contribution < -0.4 is 11.1 Å². The van der Waals surface area contributed by atoms with Gasteiger partial charge in [-0.05, 0) is 38.5 Å². The van der Waals surface area contributed by atoms with Gasteiger partial charge in [-0.25, -0.2) is 4.39 Å². The fourth-order valence-electron chi connectivity index (χ4n) is 2.54. The van der Waals surface area contributed by atoms with E-state index in [4.69, 9.17) is 5.73 Å². The van der Waals surface area contributed by atoms with Crippen LogP contribution in [0, 0.1) is 5.82 Å². The highest BCUT2D eigenvalue weighted by molar-refractivity contribution is 5.46. The summed E-state index contributed by atoms with van der Waals surface area (Å²) in [7, 11) is 0. The molecule has 3 N–H and O–H groups in total. The normalized spacial score (nSPS) is 24.7. The van der Waals surface area contributed by atoms with Crippen LogP contribution in [0.2, 0.25) is 0 Å². The summed E-state index contributed by atoms with van der Waals surface area (Å²) in [6.45, 7) is 6.89. The van der Waals surface area contributed by atoms with Gasteiger partial charge in [0.1, 0.15) is 5.82 Å². The number of likely N-dealkylation sites (tertiary alicyclic amines) is 1. The van der Waals surface area contributed by atoms with Crippen LogP contribution in [0.4, 0.5) is 10.1 Å². The van der Waals surface area contributed by atoms with Gasteiger partial charge in [0.25, 0.3) is 0 Å². The molecule has 0 bridgehead atoms. The van der Waals surface area contributed by atoms with Gasteiger partial charge in [0.05, 0.1) is 5.54 Å². The van der Waals surface area contributed by atoms with Crippen LogP contribution in [0.5, 0.6) is 0 Å². The molecule has 1 heterocycles. The summed E-state index contributed by atoms with van der Waals surface area (Å²) < 4.78 is 13.2. The average Bonchev–Trinajstić information content (AvgIpc) is 2.74. The number of nitrogens with one attached hydrogen (secondary N) is 1. The molecule has 1 fully saturated rings. The van der Waals surface area contributed by atoms with E-state index in [1.807, 2.05) is 6.07 Å². The maximum Gasteiger partial charge on any atom is 0.125 e. The minimum atomic E-state index is -0.217. The first-order chi connectivity index (χ1) is 8.54. The highest BCUT2D eigenvalue weighted by Crippen LogP contribution is 2.26. The van der Waals surface area contributed by atoms with Gasteiger partial charge in [0.15, 0.2) is 0 Å². The lowest BCUT2D eigenvalue weighted by Crippen LogP contribution is -2.48. The Morgan fingerprint density at radius 1 is 1.50 bits per heavy atom. The van der Waals surface area contributed by atoms with Crippen LogP contribution in [0.1, 0.15) is 20.3 Å². The van der Waals surface area contributed by atoms with Crippen molar-refractivity contribution in [1.82, 2.24) is 4.90 Å². The summed E-state index contributed by atoms with van der Waals surface area (Å²) in [5.74, 6) is -0.217. The van der Waals surface area contributed by atoms with Gasteiger partial charge >= 0.3 is 0 Å². The number of halogens is 1. The highest BCUT2D eigenvalue weighted by atomic mass is 19.1. The van der Waals surface area contributed by atoms with Gasteiger partial charge in [-0.3, -0.25) is 4.90 Å². The van der Waals surface area contributed by atoms with Crippen LogP contribution in [0.3, 0.4) is 0 Å². The molecule has 0 amide bonds. The molecule has 0 saturated carbocycles. The van der Waals surface area contributed by atoms with Gasteiger partial charge in [-0.1, -0.05) is 6.07 Å². The van der Waals surface area contributed by atoms with Crippen LogP contribution in [0.15, 0.2) is 24.3 Å². The molecule has 0 radical (unpaired) electrons. The van der Waals surface area contributed by atoms with Gasteiger partial charge in [-0.2, -0.15) is 0 Å². The molecule has 18 heavy (non-hydrogen) atoms. The fraction of sp³-hybridized carbons (Fsp3) is 0.571. The molecule has 1 atom stereocenters. The Morgan fingerprint density at radius 2 is 2.28 bits per heavy atom. The van der Waals surface area contributed by atoms with Gasteiger partial charge in [0.2, 0.25) is 0 Å². The number of nitrogens with two attached hydrogens (primary N) is 1. The lowest BCUT2D eigenvalue weighted by Gasteiger charge is -2.31. The van der Waals surface area contributed by atoms with Crippen molar-refractivity contribution < 1.29 is 4.39 Å². The Morgan fingerprint density at radius 3 is 2.83 bits per heavy atom. The number of hydrogen-bond acceptors (Lipinski definition) is 3. The SMILES string of the molecule is CC(C)N1CCC(CN)(Nc2cccc(F)c2)C1. The second-order valence-corrected chi connectivity index (χ2v) is 5.43. The van der Waals surface area contributed by atoms with Crippen molar-refractivity contribution in [3.05, 3.63) is 30.1 Å². The average molecular weight is 251 g/mol. The molecule has 0 spiro atoms. The number of benzene rings is 1. The molecule has 100 valence electrons. The van der Waals surface area contributed by atoms with E-state index < -0.39 is 0 Å². The molecule has 3 nitrogen and oxygen atoms in total. The van der Waals surface area contributed by atoms with Crippen molar-refractivity contribution in [2.24, 2.45) is 5.73 Å². The standard InChI is InChI=1S/C14H22FN3/c1-11(2)18-7-6-14(9-16,10-18)17-13-5-3-4-12(15)8-13/h3-5,8,11,17H,6-7,9-10,16H2,1-2H3. The zero-order chi connectivity index (χ0) is 13.2. The Kier molecular flexibility index (Phi) is 3.88. The van der Waals surface area contributed by atoms with Gasteiger partial charge in [-0.15, -0.1) is 0 Å². The molecular weight excluding hydrogens is 229 g/mol. The quantitative estimate of drug-likeness (QED) is 0.860. The summed E-state index contributed by atoms with van der Waals surface area (Å²) in [6, 6.07) is 7.10. The summed E-state index contributed by atoms with van der Waals surface area (Å²) in [6.07, 6.45) is 0.998. The molecule has 2 rings (SSSR count).